The molecule has 0 fully saturated rings. The molecule has 2 rings (SSSR count). The molecule has 2 aromatic rings. The SMILES string of the molecule is OCc1ccc(CNc2ccc(Br)cc2Br)o1. The van der Waals surface area contributed by atoms with Gasteiger partial charge in [0.25, 0.3) is 0 Å². The standard InChI is InChI=1S/C12H11Br2NO2/c13-8-1-4-12(11(14)5-8)15-6-9-2-3-10(7-16)17-9/h1-5,15-16H,6-7H2. The van der Waals surface area contributed by atoms with Crippen molar-refractivity contribution in [2.75, 3.05) is 5.32 Å². The molecule has 0 spiro atoms. The molecule has 0 bridgehead atoms. The van der Waals surface area contributed by atoms with Crippen molar-refractivity contribution in [3.05, 3.63) is 50.8 Å². The van der Waals surface area contributed by atoms with Crippen LogP contribution in [-0.2, 0) is 13.2 Å². The number of hydrogen-bond donors (Lipinski definition) is 2. The van der Waals surface area contributed by atoms with Crippen molar-refractivity contribution in [2.24, 2.45) is 0 Å². The van der Waals surface area contributed by atoms with Crippen LogP contribution in [0.4, 0.5) is 5.69 Å². The fourth-order valence-corrected chi connectivity index (χ4v) is 2.60. The minimum absolute atomic E-state index is 0.0675. The van der Waals surface area contributed by atoms with Crippen LogP contribution in [0.25, 0.3) is 0 Å². The molecule has 1 aromatic heterocycles. The number of rotatable bonds is 4. The van der Waals surface area contributed by atoms with Gasteiger partial charge >= 0.3 is 0 Å². The number of aliphatic hydroxyl groups is 1. The van der Waals surface area contributed by atoms with Crippen molar-refractivity contribution >= 4 is 37.5 Å². The van der Waals surface area contributed by atoms with E-state index < -0.39 is 0 Å². The maximum atomic E-state index is 8.88. The van der Waals surface area contributed by atoms with Crippen LogP contribution in [-0.4, -0.2) is 5.11 Å². The number of anilines is 1. The Morgan fingerprint density at radius 2 is 1.88 bits per heavy atom. The summed E-state index contributed by atoms with van der Waals surface area (Å²) < 4.78 is 7.39. The molecule has 1 aromatic carbocycles. The Labute approximate surface area is 116 Å². The second-order valence-corrected chi connectivity index (χ2v) is 5.27. The highest BCUT2D eigenvalue weighted by atomic mass is 79.9. The number of benzene rings is 1. The first-order chi connectivity index (χ1) is 8.19. The van der Waals surface area contributed by atoms with Crippen LogP contribution in [0.15, 0.2) is 43.7 Å². The van der Waals surface area contributed by atoms with Gasteiger partial charge in [-0.05, 0) is 46.3 Å². The van der Waals surface area contributed by atoms with Gasteiger partial charge in [0.15, 0.2) is 0 Å². The first-order valence-corrected chi connectivity index (χ1v) is 6.65. The van der Waals surface area contributed by atoms with Crippen LogP contribution < -0.4 is 5.32 Å². The van der Waals surface area contributed by atoms with E-state index in [2.05, 4.69) is 37.2 Å². The molecule has 0 amide bonds. The predicted octanol–water partition coefficient (Wildman–Crippen LogP) is 3.91. The quantitative estimate of drug-likeness (QED) is 0.868. The molecular weight excluding hydrogens is 350 g/mol. The van der Waals surface area contributed by atoms with Crippen molar-refractivity contribution in [1.82, 2.24) is 0 Å². The number of nitrogens with one attached hydrogen (secondary N) is 1. The van der Waals surface area contributed by atoms with Crippen LogP contribution in [0.3, 0.4) is 0 Å². The van der Waals surface area contributed by atoms with Crippen LogP contribution in [0.2, 0.25) is 0 Å². The molecule has 5 heteroatoms. The fraction of sp³-hybridized carbons (Fsp3) is 0.167. The van der Waals surface area contributed by atoms with Gasteiger partial charge in [0.1, 0.15) is 18.1 Å². The molecule has 0 radical (unpaired) electrons. The Kier molecular flexibility index (Phi) is 4.25. The van der Waals surface area contributed by atoms with Gasteiger partial charge in [-0.2, -0.15) is 0 Å². The largest absolute Gasteiger partial charge is 0.462 e. The Hall–Kier alpha value is -0.780. The monoisotopic (exact) mass is 359 g/mol. The van der Waals surface area contributed by atoms with E-state index in [1.54, 1.807) is 6.07 Å². The Bertz CT molecular complexity index is 511. The van der Waals surface area contributed by atoms with Crippen LogP contribution in [0, 0.1) is 0 Å². The topological polar surface area (TPSA) is 45.4 Å². The molecular formula is C12H11Br2NO2. The summed E-state index contributed by atoms with van der Waals surface area (Å²) in [4.78, 5) is 0. The zero-order chi connectivity index (χ0) is 12.3. The normalized spacial score (nSPS) is 10.5. The third kappa shape index (κ3) is 3.34. The lowest BCUT2D eigenvalue weighted by Gasteiger charge is -2.07. The summed E-state index contributed by atoms with van der Waals surface area (Å²) in [5.74, 6) is 1.38. The Morgan fingerprint density at radius 1 is 1.12 bits per heavy atom. The van der Waals surface area contributed by atoms with E-state index in [-0.39, 0.29) is 6.61 Å². The van der Waals surface area contributed by atoms with Crippen LogP contribution in [0.1, 0.15) is 11.5 Å². The number of halogens is 2. The zero-order valence-electron chi connectivity index (χ0n) is 8.91. The average molecular weight is 361 g/mol. The molecule has 0 aliphatic carbocycles. The molecule has 0 atom stereocenters. The van der Waals surface area contributed by atoms with Gasteiger partial charge in [0.2, 0.25) is 0 Å². The molecule has 90 valence electrons. The maximum absolute atomic E-state index is 8.88. The lowest BCUT2D eigenvalue weighted by molar-refractivity contribution is 0.244. The highest BCUT2D eigenvalue weighted by molar-refractivity contribution is 9.11. The molecule has 17 heavy (non-hydrogen) atoms. The minimum atomic E-state index is -0.0675. The Balaban J connectivity index is 2.02. The second kappa shape index (κ2) is 5.71. The highest BCUT2D eigenvalue weighted by Crippen LogP contribution is 2.26. The summed E-state index contributed by atoms with van der Waals surface area (Å²) >= 11 is 6.88. The summed E-state index contributed by atoms with van der Waals surface area (Å²) in [5, 5.41) is 12.1. The first-order valence-electron chi connectivity index (χ1n) is 5.06. The Morgan fingerprint density at radius 3 is 2.53 bits per heavy atom. The smallest absolute Gasteiger partial charge is 0.129 e. The van der Waals surface area contributed by atoms with Crippen molar-refractivity contribution in [3.8, 4) is 0 Å². The summed E-state index contributed by atoms with van der Waals surface area (Å²) in [6.45, 7) is 0.516. The molecule has 1 heterocycles. The summed E-state index contributed by atoms with van der Waals surface area (Å²) in [7, 11) is 0. The molecule has 0 saturated carbocycles. The molecule has 0 aliphatic rings. The van der Waals surface area contributed by atoms with Crippen molar-refractivity contribution in [1.29, 1.82) is 0 Å². The lowest BCUT2D eigenvalue weighted by atomic mass is 10.3. The average Bonchev–Trinajstić information content (AvgIpc) is 2.76. The molecule has 0 unspecified atom stereocenters. The molecule has 2 N–H and O–H groups in total. The van der Waals surface area contributed by atoms with Crippen molar-refractivity contribution < 1.29 is 9.52 Å². The first kappa shape index (κ1) is 12.7. The van der Waals surface area contributed by atoms with Gasteiger partial charge in [-0.15, -0.1) is 0 Å². The fourth-order valence-electron chi connectivity index (χ4n) is 1.42. The van der Waals surface area contributed by atoms with E-state index in [9.17, 15) is 0 Å². The number of furan rings is 1. The van der Waals surface area contributed by atoms with Gasteiger partial charge in [-0.1, -0.05) is 15.9 Å². The van der Waals surface area contributed by atoms with Crippen molar-refractivity contribution in [3.63, 3.8) is 0 Å². The van der Waals surface area contributed by atoms with E-state index in [1.165, 1.54) is 0 Å². The summed E-state index contributed by atoms with van der Waals surface area (Å²) in [5.41, 5.74) is 0.996. The highest BCUT2D eigenvalue weighted by Gasteiger charge is 2.03. The zero-order valence-corrected chi connectivity index (χ0v) is 12.1. The third-order valence-electron chi connectivity index (χ3n) is 2.26. The molecule has 0 aliphatic heterocycles. The van der Waals surface area contributed by atoms with E-state index in [4.69, 9.17) is 9.52 Å². The van der Waals surface area contributed by atoms with Gasteiger partial charge in [0.05, 0.1) is 6.54 Å². The number of aliphatic hydroxyl groups excluding tert-OH is 1. The van der Waals surface area contributed by atoms with Crippen LogP contribution in [0.5, 0.6) is 0 Å². The third-order valence-corrected chi connectivity index (χ3v) is 3.41. The van der Waals surface area contributed by atoms with Crippen LogP contribution >= 0.6 is 31.9 Å². The minimum Gasteiger partial charge on any atom is -0.462 e. The van der Waals surface area contributed by atoms with Gasteiger partial charge in [-0.3, -0.25) is 0 Å². The number of hydrogen-bond acceptors (Lipinski definition) is 3. The van der Waals surface area contributed by atoms with Gasteiger partial charge in [0, 0.05) is 14.6 Å². The maximum Gasteiger partial charge on any atom is 0.129 e. The second-order valence-electron chi connectivity index (χ2n) is 3.50. The van der Waals surface area contributed by atoms with Gasteiger partial charge < -0.3 is 14.8 Å². The lowest BCUT2D eigenvalue weighted by Crippen LogP contribution is -1.98. The predicted molar refractivity (Wildman–Crippen MR) is 73.8 cm³/mol. The molecule has 3 nitrogen and oxygen atoms in total. The van der Waals surface area contributed by atoms with Gasteiger partial charge in [-0.25, -0.2) is 0 Å². The molecule has 0 saturated heterocycles. The van der Waals surface area contributed by atoms with E-state index >= 15 is 0 Å². The summed E-state index contributed by atoms with van der Waals surface area (Å²) in [6, 6.07) is 9.54. The van der Waals surface area contributed by atoms with Crippen molar-refractivity contribution in [2.45, 2.75) is 13.2 Å². The van der Waals surface area contributed by atoms with E-state index in [1.807, 2.05) is 24.3 Å². The summed E-state index contributed by atoms with van der Waals surface area (Å²) in [6.07, 6.45) is 0. The van der Waals surface area contributed by atoms with E-state index in [0.717, 1.165) is 20.4 Å². The van der Waals surface area contributed by atoms with E-state index in [0.29, 0.717) is 12.3 Å².